The van der Waals surface area contributed by atoms with E-state index in [9.17, 15) is 0 Å². The summed E-state index contributed by atoms with van der Waals surface area (Å²) in [5.74, 6) is 1.40. The van der Waals surface area contributed by atoms with Crippen molar-refractivity contribution in [2.75, 3.05) is 0 Å². The Morgan fingerprint density at radius 1 is 1.10 bits per heavy atom. The topological polar surface area (TPSA) is 61.0 Å². The van der Waals surface area contributed by atoms with Gasteiger partial charge in [0.1, 0.15) is 12.4 Å². The molecule has 0 fully saturated rings. The van der Waals surface area contributed by atoms with E-state index in [2.05, 4.69) is 9.97 Å². The predicted octanol–water partition coefficient (Wildman–Crippen LogP) is 3.21. The summed E-state index contributed by atoms with van der Waals surface area (Å²) in [5.41, 5.74) is 8.47. The Kier molecular flexibility index (Phi) is 6.20. The van der Waals surface area contributed by atoms with Crippen molar-refractivity contribution >= 4 is 24.0 Å². The van der Waals surface area contributed by atoms with Crippen molar-refractivity contribution in [1.29, 1.82) is 0 Å². The lowest BCUT2D eigenvalue weighted by Gasteiger charge is -2.10. The van der Waals surface area contributed by atoms with Crippen molar-refractivity contribution in [3.63, 3.8) is 0 Å². The summed E-state index contributed by atoms with van der Waals surface area (Å²) in [6, 6.07) is 7.20. The number of nitrogens with two attached hydrogens (primary N) is 1. The number of aromatic nitrogens is 2. The van der Waals surface area contributed by atoms with Crippen molar-refractivity contribution in [3.8, 4) is 5.75 Å². The van der Waals surface area contributed by atoms with Gasteiger partial charge in [-0.1, -0.05) is 11.6 Å². The molecule has 0 unspecified atom stereocenters. The lowest BCUT2D eigenvalue weighted by atomic mass is 10.2. The monoisotopic (exact) mass is 313 g/mol. The summed E-state index contributed by atoms with van der Waals surface area (Å²) in [6.07, 6.45) is 0. The van der Waals surface area contributed by atoms with E-state index < -0.39 is 0 Å². The molecule has 0 amide bonds. The highest BCUT2D eigenvalue weighted by atomic mass is 35.5. The third-order valence-electron chi connectivity index (χ3n) is 2.85. The van der Waals surface area contributed by atoms with Gasteiger partial charge >= 0.3 is 0 Å². The fraction of sp³-hybridized carbons (Fsp3) is 0.286. The number of hydrogen-bond acceptors (Lipinski definition) is 4. The van der Waals surface area contributed by atoms with Crippen LogP contribution in [-0.2, 0) is 13.2 Å². The van der Waals surface area contributed by atoms with Crippen LogP contribution in [0.25, 0.3) is 0 Å². The Morgan fingerprint density at radius 2 is 1.65 bits per heavy atom. The Bertz CT molecular complexity index is 550. The second-order valence-electron chi connectivity index (χ2n) is 4.24. The van der Waals surface area contributed by atoms with Gasteiger partial charge in [-0.3, -0.25) is 0 Å². The van der Waals surface area contributed by atoms with E-state index in [0.717, 1.165) is 22.7 Å². The van der Waals surface area contributed by atoms with Gasteiger partial charge in [0.05, 0.1) is 0 Å². The summed E-state index contributed by atoms with van der Waals surface area (Å²) < 4.78 is 5.62. The van der Waals surface area contributed by atoms with Crippen LogP contribution in [0.3, 0.4) is 0 Å². The molecular weight excluding hydrogens is 297 g/mol. The molecule has 0 aliphatic rings. The molecule has 2 N–H and O–H groups in total. The summed E-state index contributed by atoms with van der Waals surface area (Å²) in [4.78, 5) is 8.79. The number of hydrogen-bond donors (Lipinski definition) is 1. The molecule has 2 rings (SSSR count). The van der Waals surface area contributed by atoms with Crippen molar-refractivity contribution in [3.05, 3.63) is 52.1 Å². The molecule has 0 saturated heterocycles. The van der Waals surface area contributed by atoms with E-state index >= 15 is 0 Å². The van der Waals surface area contributed by atoms with Crippen LogP contribution in [0.4, 0.5) is 0 Å². The van der Waals surface area contributed by atoms with Crippen LogP contribution in [0.2, 0.25) is 5.02 Å². The Balaban J connectivity index is 0.00000200. The van der Waals surface area contributed by atoms with Crippen LogP contribution in [0.1, 0.15) is 22.8 Å². The molecule has 0 radical (unpaired) electrons. The highest BCUT2D eigenvalue weighted by molar-refractivity contribution is 6.30. The van der Waals surface area contributed by atoms with E-state index in [-0.39, 0.29) is 12.4 Å². The normalized spacial score (nSPS) is 10.0. The number of rotatable bonds is 4. The number of ether oxygens (including phenoxy) is 1. The molecular formula is C14H17Cl2N3O. The van der Waals surface area contributed by atoms with Gasteiger partial charge in [0, 0.05) is 28.5 Å². The maximum absolute atomic E-state index is 5.81. The summed E-state index contributed by atoms with van der Waals surface area (Å²) in [5, 5.41) is 0.683. The van der Waals surface area contributed by atoms with Gasteiger partial charge in [0.25, 0.3) is 0 Å². The first-order chi connectivity index (χ1) is 9.10. The Labute approximate surface area is 129 Å². The molecule has 6 heteroatoms. The fourth-order valence-electron chi connectivity index (χ4n) is 1.85. The van der Waals surface area contributed by atoms with E-state index in [4.69, 9.17) is 22.1 Å². The van der Waals surface area contributed by atoms with Gasteiger partial charge in [0.2, 0.25) is 0 Å². The molecule has 0 spiro atoms. The van der Waals surface area contributed by atoms with Crippen LogP contribution in [0.15, 0.2) is 24.3 Å². The summed E-state index contributed by atoms with van der Waals surface area (Å²) in [7, 11) is 0. The number of benzene rings is 1. The van der Waals surface area contributed by atoms with Crippen LogP contribution < -0.4 is 10.5 Å². The minimum atomic E-state index is 0. The molecule has 1 aromatic carbocycles. The standard InChI is InChI=1S/C14H16ClN3O.ClH/c1-9-13(7-16)10(2)18-14(17-9)8-19-12-5-3-11(15)4-6-12;/h3-6H,7-8,16H2,1-2H3;1H. The number of nitrogens with zero attached hydrogens (tertiary/aromatic N) is 2. The first kappa shape index (κ1) is 16.7. The average Bonchev–Trinajstić information content (AvgIpc) is 2.38. The van der Waals surface area contributed by atoms with E-state index in [1.165, 1.54) is 0 Å². The van der Waals surface area contributed by atoms with Crippen LogP contribution in [0.5, 0.6) is 5.75 Å². The summed E-state index contributed by atoms with van der Waals surface area (Å²) in [6.45, 7) is 4.65. The van der Waals surface area contributed by atoms with Gasteiger partial charge in [-0.15, -0.1) is 12.4 Å². The first-order valence-electron chi connectivity index (χ1n) is 6.01. The average molecular weight is 314 g/mol. The minimum Gasteiger partial charge on any atom is -0.486 e. The van der Waals surface area contributed by atoms with Crippen LogP contribution in [0, 0.1) is 13.8 Å². The maximum Gasteiger partial charge on any atom is 0.166 e. The Morgan fingerprint density at radius 3 is 2.15 bits per heavy atom. The van der Waals surface area contributed by atoms with E-state index in [1.54, 1.807) is 12.1 Å². The zero-order chi connectivity index (χ0) is 13.8. The van der Waals surface area contributed by atoms with E-state index in [0.29, 0.717) is 24.0 Å². The second kappa shape index (κ2) is 7.43. The second-order valence-corrected chi connectivity index (χ2v) is 4.67. The largest absolute Gasteiger partial charge is 0.486 e. The van der Waals surface area contributed by atoms with Crippen molar-refractivity contribution in [2.24, 2.45) is 5.73 Å². The number of halogens is 2. The molecule has 0 saturated carbocycles. The van der Waals surface area contributed by atoms with Gasteiger partial charge in [0.15, 0.2) is 5.82 Å². The maximum atomic E-state index is 5.81. The lowest BCUT2D eigenvalue weighted by molar-refractivity contribution is 0.295. The smallest absolute Gasteiger partial charge is 0.166 e. The van der Waals surface area contributed by atoms with E-state index in [1.807, 2.05) is 26.0 Å². The quantitative estimate of drug-likeness (QED) is 0.941. The van der Waals surface area contributed by atoms with Gasteiger partial charge in [-0.05, 0) is 38.1 Å². The summed E-state index contributed by atoms with van der Waals surface area (Å²) >= 11 is 5.81. The van der Waals surface area contributed by atoms with Crippen molar-refractivity contribution in [1.82, 2.24) is 9.97 Å². The molecule has 20 heavy (non-hydrogen) atoms. The zero-order valence-electron chi connectivity index (χ0n) is 11.4. The fourth-order valence-corrected chi connectivity index (χ4v) is 1.97. The van der Waals surface area contributed by atoms with Gasteiger partial charge < -0.3 is 10.5 Å². The molecule has 1 heterocycles. The third-order valence-corrected chi connectivity index (χ3v) is 3.10. The SMILES string of the molecule is Cc1nc(COc2ccc(Cl)cc2)nc(C)c1CN.Cl. The predicted molar refractivity (Wildman–Crippen MR) is 82.4 cm³/mol. The molecule has 0 aliphatic heterocycles. The molecule has 0 bridgehead atoms. The highest BCUT2D eigenvalue weighted by Crippen LogP contribution is 2.17. The molecule has 0 atom stereocenters. The zero-order valence-corrected chi connectivity index (χ0v) is 13.0. The van der Waals surface area contributed by atoms with Crippen molar-refractivity contribution in [2.45, 2.75) is 27.0 Å². The highest BCUT2D eigenvalue weighted by Gasteiger charge is 2.07. The van der Waals surface area contributed by atoms with Gasteiger partial charge in [-0.25, -0.2) is 9.97 Å². The van der Waals surface area contributed by atoms with Crippen LogP contribution >= 0.6 is 24.0 Å². The molecule has 0 aliphatic carbocycles. The first-order valence-corrected chi connectivity index (χ1v) is 6.39. The van der Waals surface area contributed by atoms with Gasteiger partial charge in [-0.2, -0.15) is 0 Å². The lowest BCUT2D eigenvalue weighted by Crippen LogP contribution is -2.10. The Hall–Kier alpha value is -1.36. The van der Waals surface area contributed by atoms with Crippen LogP contribution in [-0.4, -0.2) is 9.97 Å². The molecule has 2 aromatic rings. The molecule has 1 aromatic heterocycles. The molecule has 108 valence electrons. The third kappa shape index (κ3) is 4.07. The number of aryl methyl sites for hydroxylation is 2. The minimum absolute atomic E-state index is 0. The van der Waals surface area contributed by atoms with Crippen molar-refractivity contribution < 1.29 is 4.74 Å². The molecule has 4 nitrogen and oxygen atoms in total.